The molecule has 27 heavy (non-hydrogen) atoms. The fraction of sp³-hybridized carbons (Fsp3) is 0.350. The van der Waals surface area contributed by atoms with Crippen molar-refractivity contribution >= 4 is 23.2 Å². The minimum Gasteiger partial charge on any atom is -0.370 e. The highest BCUT2D eigenvalue weighted by atomic mass is 19.1. The Morgan fingerprint density at radius 2 is 1.93 bits per heavy atom. The third-order valence-corrected chi connectivity index (χ3v) is 5.11. The third-order valence-electron chi connectivity index (χ3n) is 5.11. The second kappa shape index (κ2) is 6.98. The molecule has 0 spiro atoms. The zero-order valence-electron chi connectivity index (χ0n) is 15.4. The summed E-state index contributed by atoms with van der Waals surface area (Å²) in [5.41, 5.74) is 3.32. The third kappa shape index (κ3) is 3.63. The summed E-state index contributed by atoms with van der Waals surface area (Å²) >= 11 is 0. The van der Waals surface area contributed by atoms with Gasteiger partial charge in [0.25, 0.3) is 5.91 Å². The molecule has 1 N–H and O–H groups in total. The summed E-state index contributed by atoms with van der Waals surface area (Å²) in [6.45, 7) is 6.44. The number of halogens is 1. The number of nitrogens with zero attached hydrogens (tertiary/aromatic N) is 4. The van der Waals surface area contributed by atoms with Crippen LogP contribution in [-0.2, 0) is 0 Å². The first-order valence-electron chi connectivity index (χ1n) is 9.18. The van der Waals surface area contributed by atoms with Crippen molar-refractivity contribution in [3.63, 3.8) is 0 Å². The predicted molar refractivity (Wildman–Crippen MR) is 103 cm³/mol. The van der Waals surface area contributed by atoms with Crippen LogP contribution in [0.3, 0.4) is 0 Å². The largest absolute Gasteiger partial charge is 0.370 e. The molecule has 7 heteroatoms. The second-order valence-corrected chi connectivity index (χ2v) is 7.21. The standard InChI is InChI=1S/C20H22FN5O/c1-13-7-9-25(10-8-13)17-12-26-18(11-14(17)2)22-20(24-26)23-19(27)15-3-5-16(21)6-4-15/h3-6,11-13H,7-10H2,1-2H3,(H,23,24,27). The number of benzene rings is 1. The van der Waals surface area contributed by atoms with Crippen LogP contribution in [0.4, 0.5) is 16.0 Å². The fourth-order valence-electron chi connectivity index (χ4n) is 3.42. The number of amides is 1. The van der Waals surface area contributed by atoms with Crippen molar-refractivity contribution in [2.75, 3.05) is 23.3 Å². The molecule has 1 aliphatic heterocycles. The number of aryl methyl sites for hydroxylation is 1. The molecule has 0 unspecified atom stereocenters. The van der Waals surface area contributed by atoms with Gasteiger partial charge in [-0.1, -0.05) is 6.92 Å². The first kappa shape index (κ1) is 17.5. The molecule has 1 aliphatic rings. The maximum atomic E-state index is 13.0. The van der Waals surface area contributed by atoms with Gasteiger partial charge in [-0.2, -0.15) is 4.98 Å². The Morgan fingerprint density at radius 3 is 2.63 bits per heavy atom. The van der Waals surface area contributed by atoms with Crippen molar-refractivity contribution in [3.05, 3.63) is 53.5 Å². The lowest BCUT2D eigenvalue weighted by Gasteiger charge is -2.33. The number of piperidine rings is 1. The number of pyridine rings is 1. The number of carbonyl (C=O) groups excluding carboxylic acids is 1. The van der Waals surface area contributed by atoms with Crippen molar-refractivity contribution < 1.29 is 9.18 Å². The lowest BCUT2D eigenvalue weighted by Crippen LogP contribution is -2.33. The van der Waals surface area contributed by atoms with Crippen LogP contribution < -0.4 is 10.2 Å². The van der Waals surface area contributed by atoms with Gasteiger partial charge in [0.05, 0.1) is 11.9 Å². The Balaban J connectivity index is 1.57. The van der Waals surface area contributed by atoms with Crippen molar-refractivity contribution in [1.29, 1.82) is 0 Å². The maximum absolute atomic E-state index is 13.0. The number of carbonyl (C=O) groups is 1. The number of rotatable bonds is 3. The van der Waals surface area contributed by atoms with Gasteiger partial charge >= 0.3 is 0 Å². The molecule has 0 atom stereocenters. The molecule has 1 saturated heterocycles. The molecule has 2 aromatic heterocycles. The van der Waals surface area contributed by atoms with Gasteiger partial charge in [-0.3, -0.25) is 10.1 Å². The molecule has 0 bridgehead atoms. The van der Waals surface area contributed by atoms with Gasteiger partial charge in [0.1, 0.15) is 5.82 Å². The summed E-state index contributed by atoms with van der Waals surface area (Å²) in [7, 11) is 0. The van der Waals surface area contributed by atoms with E-state index in [1.54, 1.807) is 4.52 Å². The van der Waals surface area contributed by atoms with Gasteiger partial charge in [0.2, 0.25) is 5.95 Å². The molecule has 6 nitrogen and oxygen atoms in total. The lowest BCUT2D eigenvalue weighted by molar-refractivity contribution is 0.102. The molecule has 3 heterocycles. The lowest BCUT2D eigenvalue weighted by atomic mass is 9.98. The summed E-state index contributed by atoms with van der Waals surface area (Å²) in [5.74, 6) is 0.249. The average molecular weight is 367 g/mol. The minimum atomic E-state index is -0.382. The topological polar surface area (TPSA) is 62.5 Å². The SMILES string of the molecule is Cc1cc2nc(NC(=O)c3ccc(F)cc3)nn2cc1N1CCC(C)CC1. The smallest absolute Gasteiger partial charge is 0.258 e. The van der Waals surface area contributed by atoms with Crippen LogP contribution in [0.1, 0.15) is 35.7 Å². The van der Waals surface area contributed by atoms with E-state index in [1.165, 1.54) is 37.1 Å². The van der Waals surface area contributed by atoms with E-state index in [4.69, 9.17) is 0 Å². The van der Waals surface area contributed by atoms with Crippen molar-refractivity contribution in [3.8, 4) is 0 Å². The summed E-state index contributed by atoms with van der Waals surface area (Å²) < 4.78 is 14.7. The van der Waals surface area contributed by atoms with Crippen LogP contribution >= 0.6 is 0 Å². The zero-order valence-corrected chi connectivity index (χ0v) is 15.4. The van der Waals surface area contributed by atoms with E-state index in [-0.39, 0.29) is 17.7 Å². The fourth-order valence-corrected chi connectivity index (χ4v) is 3.42. The number of anilines is 2. The van der Waals surface area contributed by atoms with Gasteiger partial charge in [-0.25, -0.2) is 8.91 Å². The van der Waals surface area contributed by atoms with Crippen LogP contribution in [0.5, 0.6) is 0 Å². The number of nitrogens with one attached hydrogen (secondary N) is 1. The normalized spacial score (nSPS) is 15.3. The molecule has 0 saturated carbocycles. The molecule has 3 aromatic rings. The van der Waals surface area contributed by atoms with Crippen LogP contribution in [0.15, 0.2) is 36.5 Å². The highest BCUT2D eigenvalue weighted by Gasteiger charge is 2.19. The Bertz CT molecular complexity index is 974. The first-order chi connectivity index (χ1) is 13.0. The molecule has 1 fully saturated rings. The summed E-state index contributed by atoms with van der Waals surface area (Å²) in [6.07, 6.45) is 4.35. The summed E-state index contributed by atoms with van der Waals surface area (Å²) in [4.78, 5) is 19.0. The number of fused-ring (bicyclic) bond motifs is 1. The van der Waals surface area contributed by atoms with E-state index in [2.05, 4.69) is 34.1 Å². The molecule has 1 amide bonds. The van der Waals surface area contributed by atoms with Crippen molar-refractivity contribution in [1.82, 2.24) is 14.6 Å². The van der Waals surface area contributed by atoms with E-state index in [1.807, 2.05) is 12.3 Å². The number of hydrogen-bond acceptors (Lipinski definition) is 4. The van der Waals surface area contributed by atoms with Crippen LogP contribution in [0.2, 0.25) is 0 Å². The van der Waals surface area contributed by atoms with E-state index in [0.717, 1.165) is 30.3 Å². The maximum Gasteiger partial charge on any atom is 0.258 e. The Labute approximate surface area is 157 Å². The molecule has 1 aromatic carbocycles. The van der Waals surface area contributed by atoms with Crippen LogP contribution in [0.25, 0.3) is 5.65 Å². The first-order valence-corrected chi connectivity index (χ1v) is 9.18. The molecule has 140 valence electrons. The predicted octanol–water partition coefficient (Wildman–Crippen LogP) is 3.67. The minimum absolute atomic E-state index is 0.230. The molecule has 4 rings (SSSR count). The van der Waals surface area contributed by atoms with Crippen molar-refractivity contribution in [2.45, 2.75) is 26.7 Å². The highest BCUT2D eigenvalue weighted by molar-refractivity contribution is 6.03. The molecular weight excluding hydrogens is 345 g/mol. The molecular formula is C20H22FN5O. The Kier molecular flexibility index (Phi) is 4.51. The molecule has 0 aliphatic carbocycles. The highest BCUT2D eigenvalue weighted by Crippen LogP contribution is 2.26. The van der Waals surface area contributed by atoms with Crippen LogP contribution in [0, 0.1) is 18.7 Å². The Hall–Kier alpha value is -2.96. The van der Waals surface area contributed by atoms with E-state index in [0.29, 0.717) is 11.2 Å². The number of hydrogen-bond donors (Lipinski definition) is 1. The van der Waals surface area contributed by atoms with Gasteiger partial charge in [0, 0.05) is 18.7 Å². The summed E-state index contributed by atoms with van der Waals surface area (Å²) in [5, 5.41) is 7.05. The van der Waals surface area contributed by atoms with E-state index >= 15 is 0 Å². The summed E-state index contributed by atoms with van der Waals surface area (Å²) in [6, 6.07) is 7.34. The zero-order chi connectivity index (χ0) is 19.0. The van der Waals surface area contributed by atoms with E-state index < -0.39 is 0 Å². The van der Waals surface area contributed by atoms with Crippen molar-refractivity contribution in [2.24, 2.45) is 5.92 Å². The van der Waals surface area contributed by atoms with Gasteiger partial charge in [0.15, 0.2) is 5.65 Å². The number of aromatic nitrogens is 3. The van der Waals surface area contributed by atoms with Gasteiger partial charge in [-0.15, -0.1) is 5.10 Å². The monoisotopic (exact) mass is 367 g/mol. The van der Waals surface area contributed by atoms with E-state index in [9.17, 15) is 9.18 Å². The quantitative estimate of drug-likeness (QED) is 0.767. The van der Waals surface area contributed by atoms with Crippen LogP contribution in [-0.4, -0.2) is 33.6 Å². The second-order valence-electron chi connectivity index (χ2n) is 7.21. The van der Waals surface area contributed by atoms with Gasteiger partial charge < -0.3 is 4.90 Å². The average Bonchev–Trinajstić information content (AvgIpc) is 3.03. The molecule has 0 radical (unpaired) electrons. The van der Waals surface area contributed by atoms with Gasteiger partial charge in [-0.05, 0) is 61.6 Å². The Morgan fingerprint density at radius 1 is 1.22 bits per heavy atom.